The lowest BCUT2D eigenvalue weighted by atomic mass is 10.3. The van der Waals surface area contributed by atoms with Crippen LogP contribution in [0.25, 0.3) is 0 Å². The lowest BCUT2D eigenvalue weighted by molar-refractivity contribution is -0.118. The summed E-state index contributed by atoms with van der Waals surface area (Å²) in [7, 11) is 0. The zero-order chi connectivity index (χ0) is 8.10. The van der Waals surface area contributed by atoms with Gasteiger partial charge in [0, 0.05) is 12.6 Å². The van der Waals surface area contributed by atoms with E-state index in [1.54, 1.807) is 0 Å². The van der Waals surface area contributed by atoms with Gasteiger partial charge < -0.3 is 5.32 Å². The van der Waals surface area contributed by atoms with Gasteiger partial charge in [0.2, 0.25) is 5.91 Å². The molecule has 0 fully saturated rings. The highest BCUT2D eigenvalue weighted by Gasteiger charge is 1.94. The largest absolute Gasteiger partial charge is 0.327 e. The van der Waals surface area contributed by atoms with Crippen LogP contribution in [0, 0.1) is 0 Å². The fourth-order valence-electron chi connectivity index (χ4n) is 0.875. The van der Waals surface area contributed by atoms with E-state index in [1.165, 1.54) is 6.92 Å². The molecule has 1 amide bonds. The van der Waals surface area contributed by atoms with Gasteiger partial charge in [-0.15, -0.1) is 0 Å². The Bertz CT molecular complexity index is 236. The van der Waals surface area contributed by atoms with Crippen molar-refractivity contribution in [3.8, 4) is 0 Å². The molecule has 0 aromatic rings. The van der Waals surface area contributed by atoms with Gasteiger partial charge >= 0.3 is 0 Å². The van der Waals surface area contributed by atoms with E-state index in [9.17, 15) is 4.79 Å². The van der Waals surface area contributed by atoms with E-state index in [0.29, 0.717) is 0 Å². The van der Waals surface area contributed by atoms with Gasteiger partial charge in [0.1, 0.15) is 0 Å². The first-order valence-corrected chi connectivity index (χ1v) is 3.60. The van der Waals surface area contributed by atoms with Gasteiger partial charge in [-0.25, -0.2) is 0 Å². The molecule has 0 aromatic heterocycles. The molecule has 0 unspecified atom stereocenters. The number of carbonyl (C=O) groups excluding carboxylic acids is 1. The molecule has 0 atom stereocenters. The number of hydrogen-bond donors (Lipinski definition) is 1. The Balaban J connectivity index is 2.58. The second kappa shape index (κ2) is 3.76. The summed E-state index contributed by atoms with van der Waals surface area (Å²) in [5, 5.41) is 2.72. The van der Waals surface area contributed by atoms with Crippen LogP contribution in [0.5, 0.6) is 0 Å². The Morgan fingerprint density at radius 2 is 2.36 bits per heavy atom. The molecule has 0 bridgehead atoms. The number of carbonyl (C=O) groups is 1. The Kier molecular flexibility index (Phi) is 2.66. The fraction of sp³-hybridized carbons (Fsp3) is 0.222. The van der Waals surface area contributed by atoms with Crippen LogP contribution in [0.4, 0.5) is 0 Å². The summed E-state index contributed by atoms with van der Waals surface area (Å²) in [6, 6.07) is 0. The maximum atomic E-state index is 10.6. The minimum atomic E-state index is -0.0252. The zero-order valence-corrected chi connectivity index (χ0v) is 6.50. The minimum Gasteiger partial charge on any atom is -0.327 e. The topological polar surface area (TPSA) is 29.1 Å². The van der Waals surface area contributed by atoms with Crippen LogP contribution in [0.3, 0.4) is 0 Å². The first kappa shape index (κ1) is 7.79. The predicted molar refractivity (Wildman–Crippen MR) is 44.8 cm³/mol. The fourth-order valence-corrected chi connectivity index (χ4v) is 0.875. The number of nitrogens with one attached hydrogen (secondary N) is 1. The van der Waals surface area contributed by atoms with Crippen LogP contribution >= 0.6 is 0 Å². The third kappa shape index (κ3) is 2.85. The standard InChI is InChI=1S/C9H11NO/c1-8(11)10-9-6-4-2-3-5-7-9/h2-4,6-7H,5H2,1H3,(H,10,11). The van der Waals surface area contributed by atoms with E-state index < -0.39 is 0 Å². The molecule has 0 aromatic carbocycles. The molecular formula is C9H11NO. The lowest BCUT2D eigenvalue weighted by Crippen LogP contribution is -2.17. The molecule has 1 aliphatic carbocycles. The van der Waals surface area contributed by atoms with Crippen molar-refractivity contribution in [3.05, 3.63) is 36.1 Å². The van der Waals surface area contributed by atoms with Crippen molar-refractivity contribution in [2.45, 2.75) is 13.3 Å². The van der Waals surface area contributed by atoms with Crippen LogP contribution in [0.15, 0.2) is 36.1 Å². The molecule has 0 heterocycles. The molecule has 11 heavy (non-hydrogen) atoms. The van der Waals surface area contributed by atoms with Gasteiger partial charge in [0.15, 0.2) is 0 Å². The summed E-state index contributed by atoms with van der Waals surface area (Å²) < 4.78 is 0. The van der Waals surface area contributed by atoms with E-state index in [2.05, 4.69) is 5.32 Å². The first-order chi connectivity index (χ1) is 5.29. The van der Waals surface area contributed by atoms with Crippen LogP contribution in [0.2, 0.25) is 0 Å². The summed E-state index contributed by atoms with van der Waals surface area (Å²) in [4.78, 5) is 10.6. The van der Waals surface area contributed by atoms with Gasteiger partial charge in [-0.05, 0) is 12.5 Å². The Morgan fingerprint density at radius 3 is 3.09 bits per heavy atom. The quantitative estimate of drug-likeness (QED) is 0.601. The highest BCUT2D eigenvalue weighted by atomic mass is 16.1. The highest BCUT2D eigenvalue weighted by Crippen LogP contribution is 2.00. The number of hydrogen-bond acceptors (Lipinski definition) is 1. The highest BCUT2D eigenvalue weighted by molar-refractivity contribution is 5.75. The molecule has 0 saturated heterocycles. The molecule has 0 saturated carbocycles. The normalized spacial score (nSPS) is 15.5. The summed E-state index contributed by atoms with van der Waals surface area (Å²) in [5.74, 6) is -0.0252. The van der Waals surface area contributed by atoms with Crippen LogP contribution < -0.4 is 5.32 Å². The third-order valence-corrected chi connectivity index (χ3v) is 1.32. The van der Waals surface area contributed by atoms with Crippen molar-refractivity contribution in [3.63, 3.8) is 0 Å². The Labute approximate surface area is 66.3 Å². The van der Waals surface area contributed by atoms with Gasteiger partial charge in [-0.2, -0.15) is 0 Å². The summed E-state index contributed by atoms with van der Waals surface area (Å²) in [5.41, 5.74) is 0.877. The van der Waals surface area contributed by atoms with Crippen molar-refractivity contribution in [2.75, 3.05) is 0 Å². The SMILES string of the molecule is CC(=O)NC1=CCC=CC=C1. The smallest absolute Gasteiger partial charge is 0.221 e. The van der Waals surface area contributed by atoms with Gasteiger partial charge in [0.25, 0.3) is 0 Å². The average molecular weight is 149 g/mol. The Hall–Kier alpha value is -1.31. The van der Waals surface area contributed by atoms with Crippen molar-refractivity contribution >= 4 is 5.91 Å². The van der Waals surface area contributed by atoms with Crippen molar-refractivity contribution in [2.24, 2.45) is 0 Å². The second-order valence-corrected chi connectivity index (χ2v) is 2.36. The van der Waals surface area contributed by atoms with Crippen LogP contribution in [0.1, 0.15) is 13.3 Å². The summed E-state index contributed by atoms with van der Waals surface area (Å²) in [6.45, 7) is 1.51. The molecule has 0 radical (unpaired) electrons. The predicted octanol–water partition coefficient (Wildman–Crippen LogP) is 1.52. The molecule has 2 nitrogen and oxygen atoms in total. The molecular weight excluding hydrogens is 138 g/mol. The third-order valence-electron chi connectivity index (χ3n) is 1.32. The van der Waals surface area contributed by atoms with E-state index >= 15 is 0 Å². The number of allylic oxidation sites excluding steroid dienone is 5. The lowest BCUT2D eigenvalue weighted by Gasteiger charge is -1.99. The van der Waals surface area contributed by atoms with Crippen molar-refractivity contribution in [1.82, 2.24) is 5.32 Å². The number of amides is 1. The van der Waals surface area contributed by atoms with Crippen LogP contribution in [-0.4, -0.2) is 5.91 Å². The molecule has 1 rings (SSSR count). The van der Waals surface area contributed by atoms with E-state index in [1.807, 2.05) is 30.4 Å². The molecule has 58 valence electrons. The molecule has 1 N–H and O–H groups in total. The second-order valence-electron chi connectivity index (χ2n) is 2.36. The summed E-state index contributed by atoms with van der Waals surface area (Å²) >= 11 is 0. The molecule has 1 aliphatic rings. The van der Waals surface area contributed by atoms with E-state index in [-0.39, 0.29) is 5.91 Å². The summed E-state index contributed by atoms with van der Waals surface area (Å²) in [6.07, 6.45) is 10.6. The maximum Gasteiger partial charge on any atom is 0.221 e. The van der Waals surface area contributed by atoms with Crippen LogP contribution in [-0.2, 0) is 4.79 Å². The van der Waals surface area contributed by atoms with Gasteiger partial charge in [0.05, 0.1) is 0 Å². The molecule has 0 aliphatic heterocycles. The van der Waals surface area contributed by atoms with Gasteiger partial charge in [-0.1, -0.05) is 24.3 Å². The monoisotopic (exact) mass is 149 g/mol. The first-order valence-electron chi connectivity index (χ1n) is 3.60. The zero-order valence-electron chi connectivity index (χ0n) is 6.50. The Morgan fingerprint density at radius 1 is 1.55 bits per heavy atom. The maximum absolute atomic E-state index is 10.6. The molecule has 2 heteroatoms. The van der Waals surface area contributed by atoms with Gasteiger partial charge in [-0.3, -0.25) is 4.79 Å². The van der Waals surface area contributed by atoms with Crippen molar-refractivity contribution < 1.29 is 4.79 Å². The molecule has 0 spiro atoms. The number of rotatable bonds is 1. The average Bonchev–Trinajstić information content (AvgIpc) is 2.14. The van der Waals surface area contributed by atoms with Crippen molar-refractivity contribution in [1.29, 1.82) is 0 Å². The van der Waals surface area contributed by atoms with E-state index in [4.69, 9.17) is 0 Å². The van der Waals surface area contributed by atoms with E-state index in [0.717, 1.165) is 12.1 Å². The minimum absolute atomic E-state index is 0.0252.